The maximum Gasteiger partial charge on any atom is 0.167 e. The van der Waals surface area contributed by atoms with Crippen molar-refractivity contribution in [3.05, 3.63) is 47.5 Å². The lowest BCUT2D eigenvalue weighted by Crippen LogP contribution is -1.94. The fraction of sp³-hybridized carbons (Fsp3) is 0.182. The van der Waals surface area contributed by atoms with Gasteiger partial charge < -0.3 is 10.3 Å². The van der Waals surface area contributed by atoms with Crippen LogP contribution >= 0.6 is 0 Å². The minimum absolute atomic E-state index is 0.0235. The molecule has 4 heteroatoms. The van der Waals surface area contributed by atoms with Crippen LogP contribution in [0.15, 0.2) is 34.9 Å². The summed E-state index contributed by atoms with van der Waals surface area (Å²) >= 11 is 0. The third-order valence-corrected chi connectivity index (χ3v) is 2.34. The second kappa shape index (κ2) is 3.73. The molecule has 0 saturated carbocycles. The second-order valence-corrected chi connectivity index (χ2v) is 3.43. The Bertz CT molecular complexity index is 450. The lowest BCUT2D eigenvalue weighted by molar-refractivity contribution is 0.378. The number of nitrogens with two attached hydrogens (primary N) is 1. The highest BCUT2D eigenvalue weighted by molar-refractivity contribution is 5.33. The monoisotopic (exact) mass is 206 g/mol. The summed E-state index contributed by atoms with van der Waals surface area (Å²) in [4.78, 5) is 0. The van der Waals surface area contributed by atoms with E-state index < -0.39 is 0 Å². The van der Waals surface area contributed by atoms with E-state index in [9.17, 15) is 4.39 Å². The Hall–Kier alpha value is -1.84. The fourth-order valence-electron chi connectivity index (χ4n) is 1.42. The highest BCUT2D eigenvalue weighted by Gasteiger charge is 2.13. The molecule has 0 aliphatic carbocycles. The average molecular weight is 206 g/mol. The second-order valence-electron chi connectivity index (χ2n) is 3.43. The molecule has 1 aromatic carbocycles. The van der Waals surface area contributed by atoms with E-state index in [-0.39, 0.29) is 11.7 Å². The van der Waals surface area contributed by atoms with Gasteiger partial charge in [0.05, 0.1) is 0 Å². The molecule has 0 spiro atoms. The van der Waals surface area contributed by atoms with Gasteiger partial charge >= 0.3 is 0 Å². The molecule has 0 amide bonds. The molecule has 2 rings (SSSR count). The number of halogens is 1. The molecule has 2 N–H and O–H groups in total. The third-order valence-electron chi connectivity index (χ3n) is 2.34. The third kappa shape index (κ3) is 1.98. The van der Waals surface area contributed by atoms with Crippen LogP contribution in [0.1, 0.15) is 24.2 Å². The Morgan fingerprint density at radius 2 is 2.00 bits per heavy atom. The Kier molecular flexibility index (Phi) is 2.41. The Labute approximate surface area is 86.7 Å². The van der Waals surface area contributed by atoms with E-state index in [2.05, 4.69) is 5.16 Å². The summed E-state index contributed by atoms with van der Waals surface area (Å²) in [5, 5.41) is 3.61. The van der Waals surface area contributed by atoms with Gasteiger partial charge in [-0.05, 0) is 17.7 Å². The maximum atomic E-state index is 12.7. The number of rotatable bonds is 2. The van der Waals surface area contributed by atoms with Crippen LogP contribution in [0.4, 0.5) is 10.2 Å². The van der Waals surface area contributed by atoms with Gasteiger partial charge in [-0.15, -0.1) is 0 Å². The first-order valence-electron chi connectivity index (χ1n) is 4.64. The summed E-state index contributed by atoms with van der Waals surface area (Å²) in [6.45, 7) is 1.95. The molecule has 15 heavy (non-hydrogen) atoms. The van der Waals surface area contributed by atoms with Crippen molar-refractivity contribution in [1.29, 1.82) is 0 Å². The van der Waals surface area contributed by atoms with Crippen molar-refractivity contribution in [3.8, 4) is 0 Å². The van der Waals surface area contributed by atoms with Crippen LogP contribution < -0.4 is 5.73 Å². The Balaban J connectivity index is 2.28. The lowest BCUT2D eigenvalue weighted by atomic mass is 9.99. The van der Waals surface area contributed by atoms with Crippen molar-refractivity contribution in [2.75, 3.05) is 5.73 Å². The van der Waals surface area contributed by atoms with Crippen LogP contribution in [0.25, 0.3) is 0 Å². The first-order chi connectivity index (χ1) is 7.16. The molecular formula is C11H11FN2O. The van der Waals surface area contributed by atoms with Crippen LogP contribution in [0, 0.1) is 5.82 Å². The smallest absolute Gasteiger partial charge is 0.167 e. The number of anilines is 1. The standard InChI is InChI=1S/C11H11FN2O/c1-7(10-6-11(13)14-15-10)8-2-4-9(12)5-3-8/h2-7H,1H3,(H2,13,14). The summed E-state index contributed by atoms with van der Waals surface area (Å²) < 4.78 is 17.7. The zero-order chi connectivity index (χ0) is 10.8. The van der Waals surface area contributed by atoms with E-state index in [1.165, 1.54) is 12.1 Å². The Morgan fingerprint density at radius 1 is 1.33 bits per heavy atom. The van der Waals surface area contributed by atoms with Gasteiger partial charge in [-0.1, -0.05) is 24.2 Å². The van der Waals surface area contributed by atoms with Crippen LogP contribution in [0.5, 0.6) is 0 Å². The van der Waals surface area contributed by atoms with Gasteiger partial charge in [-0.25, -0.2) is 4.39 Å². The van der Waals surface area contributed by atoms with E-state index >= 15 is 0 Å². The minimum Gasteiger partial charge on any atom is -0.381 e. The van der Waals surface area contributed by atoms with Crippen molar-refractivity contribution in [1.82, 2.24) is 5.16 Å². The number of hydrogen-bond acceptors (Lipinski definition) is 3. The zero-order valence-electron chi connectivity index (χ0n) is 8.27. The van der Waals surface area contributed by atoms with Crippen LogP contribution in [-0.4, -0.2) is 5.16 Å². The van der Waals surface area contributed by atoms with Crippen molar-refractivity contribution < 1.29 is 8.91 Å². The highest BCUT2D eigenvalue weighted by Crippen LogP contribution is 2.25. The van der Waals surface area contributed by atoms with Gasteiger partial charge in [-0.3, -0.25) is 0 Å². The van der Waals surface area contributed by atoms with Gasteiger partial charge in [0.25, 0.3) is 0 Å². The van der Waals surface area contributed by atoms with Gasteiger partial charge in [0.1, 0.15) is 11.6 Å². The molecule has 0 radical (unpaired) electrons. The molecule has 0 bridgehead atoms. The SMILES string of the molecule is CC(c1ccc(F)cc1)c1cc(N)no1. The van der Waals surface area contributed by atoms with Crippen LogP contribution in [0.3, 0.4) is 0 Å². The van der Waals surface area contributed by atoms with Crippen LogP contribution in [0.2, 0.25) is 0 Å². The molecule has 1 unspecified atom stereocenters. The van der Waals surface area contributed by atoms with E-state index in [0.717, 1.165) is 5.56 Å². The van der Waals surface area contributed by atoms with E-state index in [4.69, 9.17) is 10.3 Å². The van der Waals surface area contributed by atoms with E-state index in [0.29, 0.717) is 11.6 Å². The number of aromatic nitrogens is 1. The summed E-state index contributed by atoms with van der Waals surface area (Å²) in [5.41, 5.74) is 6.42. The van der Waals surface area contributed by atoms with Crippen molar-refractivity contribution in [2.45, 2.75) is 12.8 Å². The van der Waals surface area contributed by atoms with Crippen molar-refractivity contribution in [2.24, 2.45) is 0 Å². The summed E-state index contributed by atoms with van der Waals surface area (Å²) in [7, 11) is 0. The lowest BCUT2D eigenvalue weighted by Gasteiger charge is -2.06. The quantitative estimate of drug-likeness (QED) is 0.821. The molecule has 0 fully saturated rings. The van der Waals surface area contributed by atoms with Crippen LogP contribution in [-0.2, 0) is 0 Å². The predicted molar refractivity (Wildman–Crippen MR) is 54.8 cm³/mol. The fourth-order valence-corrected chi connectivity index (χ4v) is 1.42. The first kappa shape index (κ1) is 9.71. The van der Waals surface area contributed by atoms with Crippen molar-refractivity contribution >= 4 is 5.82 Å². The van der Waals surface area contributed by atoms with Gasteiger partial charge in [0.15, 0.2) is 5.82 Å². The summed E-state index contributed by atoms with van der Waals surface area (Å²) in [6, 6.07) is 7.96. The summed E-state index contributed by atoms with van der Waals surface area (Å²) in [5.74, 6) is 0.816. The highest BCUT2D eigenvalue weighted by atomic mass is 19.1. The molecule has 3 nitrogen and oxygen atoms in total. The minimum atomic E-state index is -0.247. The van der Waals surface area contributed by atoms with Gasteiger partial charge in [0.2, 0.25) is 0 Å². The maximum absolute atomic E-state index is 12.7. The zero-order valence-corrected chi connectivity index (χ0v) is 8.27. The molecule has 1 heterocycles. The number of nitrogen functional groups attached to an aromatic ring is 1. The first-order valence-corrected chi connectivity index (χ1v) is 4.64. The normalized spacial score (nSPS) is 12.7. The largest absolute Gasteiger partial charge is 0.381 e. The molecule has 2 aromatic rings. The molecule has 78 valence electrons. The summed E-state index contributed by atoms with van der Waals surface area (Å²) in [6.07, 6.45) is 0. The van der Waals surface area contributed by atoms with E-state index in [1.54, 1.807) is 18.2 Å². The molecule has 0 aliphatic rings. The number of benzene rings is 1. The predicted octanol–water partition coefficient (Wildman–Crippen LogP) is 2.55. The molecule has 1 atom stereocenters. The molecule has 0 saturated heterocycles. The molecule has 1 aromatic heterocycles. The van der Waals surface area contributed by atoms with Crippen molar-refractivity contribution in [3.63, 3.8) is 0 Å². The number of nitrogens with zero attached hydrogens (tertiary/aromatic N) is 1. The number of hydrogen-bond donors (Lipinski definition) is 1. The van der Waals surface area contributed by atoms with Gasteiger partial charge in [-0.2, -0.15) is 0 Å². The van der Waals surface area contributed by atoms with Gasteiger partial charge in [0, 0.05) is 12.0 Å². The topological polar surface area (TPSA) is 52.0 Å². The average Bonchev–Trinajstić information content (AvgIpc) is 2.65. The molecular weight excluding hydrogens is 195 g/mol. The molecule has 0 aliphatic heterocycles. The van der Waals surface area contributed by atoms with E-state index in [1.807, 2.05) is 6.92 Å². The Morgan fingerprint density at radius 3 is 2.53 bits per heavy atom.